The molecule has 11 aromatic rings. The molecule has 6 nitrogen and oxygen atoms in total. The Morgan fingerprint density at radius 3 is 1.93 bits per heavy atom. The van der Waals surface area contributed by atoms with Gasteiger partial charge in [0.15, 0.2) is 0 Å². The Morgan fingerprint density at radius 1 is 0.491 bits per heavy atom. The lowest BCUT2D eigenvalue weighted by atomic mass is 9.96. The SMILES string of the molecule is c1ccc(C2=NC(c3cccc4oc5c(-c6cccc7oc8cc(-n9c%10ccccc%10c%10ccccc%109)ccc8c67)cccc5c34)NC(c3ccccc3)N2)cc1. The maximum Gasteiger partial charge on any atom is 0.143 e. The molecule has 1 aliphatic heterocycles. The first-order chi connectivity index (χ1) is 28.3. The van der Waals surface area contributed by atoms with Gasteiger partial charge in [0.1, 0.15) is 40.5 Å². The van der Waals surface area contributed by atoms with Crippen LogP contribution in [0.25, 0.3) is 82.5 Å². The molecule has 2 atom stereocenters. The van der Waals surface area contributed by atoms with E-state index in [1.165, 1.54) is 21.8 Å². The third-order valence-corrected chi connectivity index (χ3v) is 11.5. The highest BCUT2D eigenvalue weighted by molar-refractivity contribution is 6.18. The van der Waals surface area contributed by atoms with E-state index in [0.717, 1.165) is 83.2 Å². The van der Waals surface area contributed by atoms with Crippen molar-refractivity contribution in [3.8, 4) is 16.8 Å². The number of hydrogen-bond donors (Lipinski definition) is 2. The van der Waals surface area contributed by atoms with E-state index in [9.17, 15) is 0 Å². The molecule has 0 radical (unpaired) electrons. The van der Waals surface area contributed by atoms with Crippen molar-refractivity contribution >= 4 is 71.5 Å². The number of aliphatic imine (C=N–C) groups is 1. The lowest BCUT2D eigenvalue weighted by Crippen LogP contribution is -2.44. The summed E-state index contributed by atoms with van der Waals surface area (Å²) in [5.41, 5.74) is 12.1. The molecule has 57 heavy (non-hydrogen) atoms. The van der Waals surface area contributed by atoms with Crippen molar-refractivity contribution in [1.29, 1.82) is 0 Å². The highest BCUT2D eigenvalue weighted by atomic mass is 16.3. The van der Waals surface area contributed by atoms with Crippen LogP contribution in [0.1, 0.15) is 29.0 Å². The zero-order chi connectivity index (χ0) is 37.5. The number of benzene rings is 8. The van der Waals surface area contributed by atoms with Gasteiger partial charge < -0.3 is 18.7 Å². The summed E-state index contributed by atoms with van der Waals surface area (Å²) in [5.74, 6) is 0.846. The number of nitrogens with zero attached hydrogens (tertiary/aromatic N) is 2. The van der Waals surface area contributed by atoms with E-state index in [2.05, 4.69) is 185 Å². The van der Waals surface area contributed by atoms with Gasteiger partial charge in [-0.15, -0.1) is 0 Å². The second-order valence-electron chi connectivity index (χ2n) is 14.7. The number of para-hydroxylation sites is 3. The summed E-state index contributed by atoms with van der Waals surface area (Å²) in [6.07, 6.45) is -0.472. The summed E-state index contributed by atoms with van der Waals surface area (Å²) in [4.78, 5) is 5.28. The Labute approximate surface area is 327 Å². The molecule has 0 bridgehead atoms. The van der Waals surface area contributed by atoms with Crippen molar-refractivity contribution in [3.05, 3.63) is 199 Å². The van der Waals surface area contributed by atoms with Crippen LogP contribution in [-0.2, 0) is 0 Å². The van der Waals surface area contributed by atoms with Gasteiger partial charge in [-0.05, 0) is 47.5 Å². The molecule has 12 rings (SSSR count). The summed E-state index contributed by atoms with van der Waals surface area (Å²) >= 11 is 0. The first-order valence-electron chi connectivity index (χ1n) is 19.4. The number of rotatable bonds is 5. The van der Waals surface area contributed by atoms with Crippen LogP contribution in [0, 0.1) is 0 Å². The average Bonchev–Trinajstić information content (AvgIpc) is 3.96. The quantitative estimate of drug-likeness (QED) is 0.185. The van der Waals surface area contributed by atoms with Crippen LogP contribution < -0.4 is 10.6 Å². The molecule has 6 heteroatoms. The largest absolute Gasteiger partial charge is 0.456 e. The Kier molecular flexibility index (Phi) is 7.03. The van der Waals surface area contributed by atoms with Crippen LogP contribution >= 0.6 is 0 Å². The summed E-state index contributed by atoms with van der Waals surface area (Å²) < 4.78 is 15.9. The number of amidine groups is 1. The van der Waals surface area contributed by atoms with E-state index < -0.39 is 0 Å². The molecule has 8 aromatic carbocycles. The van der Waals surface area contributed by atoms with E-state index in [1.54, 1.807) is 0 Å². The molecular weight excluding hydrogens is 701 g/mol. The molecule has 0 spiro atoms. The molecule has 0 amide bonds. The van der Waals surface area contributed by atoms with Gasteiger partial charge in [0.25, 0.3) is 0 Å². The van der Waals surface area contributed by atoms with Crippen molar-refractivity contribution in [3.63, 3.8) is 0 Å². The molecule has 2 unspecified atom stereocenters. The minimum Gasteiger partial charge on any atom is -0.456 e. The van der Waals surface area contributed by atoms with Gasteiger partial charge in [0, 0.05) is 60.8 Å². The van der Waals surface area contributed by atoms with Crippen molar-refractivity contribution < 1.29 is 8.83 Å². The normalized spacial score (nSPS) is 15.9. The molecule has 0 saturated carbocycles. The lowest BCUT2D eigenvalue weighted by molar-refractivity contribution is 0.410. The molecule has 4 heterocycles. The average molecular weight is 735 g/mol. The van der Waals surface area contributed by atoms with Crippen molar-refractivity contribution in [2.45, 2.75) is 12.3 Å². The van der Waals surface area contributed by atoms with Crippen LogP contribution in [-0.4, -0.2) is 10.4 Å². The first kappa shape index (κ1) is 31.9. The van der Waals surface area contributed by atoms with Gasteiger partial charge in [0.05, 0.1) is 11.0 Å². The van der Waals surface area contributed by atoms with Crippen molar-refractivity contribution in [2.75, 3.05) is 0 Å². The van der Waals surface area contributed by atoms with Gasteiger partial charge in [0.2, 0.25) is 0 Å². The van der Waals surface area contributed by atoms with Gasteiger partial charge in [-0.1, -0.05) is 140 Å². The third-order valence-electron chi connectivity index (χ3n) is 11.5. The second-order valence-corrected chi connectivity index (χ2v) is 14.7. The molecular formula is C51H34N4O2. The van der Waals surface area contributed by atoms with E-state index in [-0.39, 0.29) is 12.3 Å². The van der Waals surface area contributed by atoms with Crippen molar-refractivity contribution in [1.82, 2.24) is 15.2 Å². The van der Waals surface area contributed by atoms with Gasteiger partial charge in [-0.2, -0.15) is 0 Å². The van der Waals surface area contributed by atoms with Crippen LogP contribution in [0.15, 0.2) is 196 Å². The van der Waals surface area contributed by atoms with E-state index in [0.29, 0.717) is 0 Å². The number of furan rings is 2. The fourth-order valence-corrected chi connectivity index (χ4v) is 8.97. The highest BCUT2D eigenvalue weighted by Crippen LogP contribution is 2.44. The Morgan fingerprint density at radius 2 is 1.14 bits per heavy atom. The van der Waals surface area contributed by atoms with Gasteiger partial charge in [-0.3, -0.25) is 5.32 Å². The fraction of sp³-hybridized carbons (Fsp3) is 0.0392. The molecule has 1 aliphatic rings. The predicted molar refractivity (Wildman–Crippen MR) is 232 cm³/mol. The van der Waals surface area contributed by atoms with Crippen LogP contribution in [0.4, 0.5) is 0 Å². The molecule has 270 valence electrons. The molecule has 0 fully saturated rings. The summed E-state index contributed by atoms with van der Waals surface area (Å²) in [7, 11) is 0. The molecule has 3 aromatic heterocycles. The molecule has 2 N–H and O–H groups in total. The second kappa shape index (κ2) is 12.6. The molecule has 0 saturated heterocycles. The summed E-state index contributed by atoms with van der Waals surface area (Å²) in [5, 5.41) is 14.2. The zero-order valence-electron chi connectivity index (χ0n) is 30.7. The summed E-state index contributed by atoms with van der Waals surface area (Å²) in [6, 6.07) is 63.6. The van der Waals surface area contributed by atoms with Gasteiger partial charge >= 0.3 is 0 Å². The monoisotopic (exact) mass is 734 g/mol. The maximum absolute atomic E-state index is 6.85. The Hall–Kier alpha value is -7.41. The van der Waals surface area contributed by atoms with Crippen LogP contribution in [0.2, 0.25) is 0 Å². The topological polar surface area (TPSA) is 67.6 Å². The van der Waals surface area contributed by atoms with Crippen LogP contribution in [0.3, 0.4) is 0 Å². The minimum atomic E-state index is -0.329. The fourth-order valence-electron chi connectivity index (χ4n) is 8.97. The zero-order valence-corrected chi connectivity index (χ0v) is 30.7. The summed E-state index contributed by atoms with van der Waals surface area (Å²) in [6.45, 7) is 0. The Bertz CT molecular complexity index is 3320. The third kappa shape index (κ3) is 4.98. The van der Waals surface area contributed by atoms with Crippen molar-refractivity contribution in [2.24, 2.45) is 4.99 Å². The first-order valence-corrected chi connectivity index (χ1v) is 19.4. The van der Waals surface area contributed by atoms with E-state index in [4.69, 9.17) is 13.8 Å². The number of fused-ring (bicyclic) bond motifs is 9. The Balaban J connectivity index is 1.01. The molecule has 0 aliphatic carbocycles. The lowest BCUT2D eigenvalue weighted by Gasteiger charge is -2.32. The van der Waals surface area contributed by atoms with Gasteiger partial charge in [-0.25, -0.2) is 4.99 Å². The standard InChI is InChI=1S/C51H34N4O2/c1-3-14-31(15-4-1)49-52-50(32-16-5-2-6-17-32)54-51(53-49)40-23-13-27-44-47(40)39-22-11-21-37(48(39)57-44)36-20-12-26-43-46(36)38-29-28-33(30-45(38)56-43)55-41-24-9-7-18-34(41)35-19-8-10-25-42(35)55/h1-30,49,51,53H,(H,52,54). The van der Waals surface area contributed by atoms with E-state index in [1.807, 2.05) is 12.1 Å². The number of hydrogen-bond acceptors (Lipinski definition) is 5. The number of nitrogens with one attached hydrogen (secondary N) is 2. The smallest absolute Gasteiger partial charge is 0.143 e. The minimum absolute atomic E-state index is 0.143. The maximum atomic E-state index is 6.85. The van der Waals surface area contributed by atoms with Crippen LogP contribution in [0.5, 0.6) is 0 Å². The predicted octanol–water partition coefficient (Wildman–Crippen LogP) is 12.6. The number of aromatic nitrogens is 1. The highest BCUT2D eigenvalue weighted by Gasteiger charge is 2.28. The van der Waals surface area contributed by atoms with E-state index >= 15 is 0 Å².